The molecule has 4 nitrogen and oxygen atoms in total. The van der Waals surface area contributed by atoms with Crippen molar-refractivity contribution in [2.45, 2.75) is 63.4 Å². The molecule has 142 valence electrons. The third kappa shape index (κ3) is 4.37. The first kappa shape index (κ1) is 19.6. The molecule has 1 saturated carbocycles. The zero-order chi connectivity index (χ0) is 18.7. The lowest BCUT2D eigenvalue weighted by Gasteiger charge is -2.35. The molecule has 2 amide bonds. The van der Waals surface area contributed by atoms with Crippen LogP contribution in [0.15, 0.2) is 24.3 Å². The van der Waals surface area contributed by atoms with Crippen LogP contribution in [0.5, 0.6) is 0 Å². The number of carbonyl (C=O) groups excluding carboxylic acids is 2. The summed E-state index contributed by atoms with van der Waals surface area (Å²) in [4.78, 5) is 27.9. The molecule has 1 aromatic carbocycles. The summed E-state index contributed by atoms with van der Waals surface area (Å²) in [7, 11) is 0. The van der Waals surface area contributed by atoms with E-state index in [1.54, 1.807) is 36.0 Å². The number of nitrogens with zero attached hydrogens (tertiary/aromatic N) is 1. The number of hydrogen-bond donors (Lipinski definition) is 1. The number of halogens is 1. The Morgan fingerprint density at radius 1 is 1.15 bits per heavy atom. The monoisotopic (exact) mass is 394 g/mol. The highest BCUT2D eigenvalue weighted by molar-refractivity contribution is 8.00. The van der Waals surface area contributed by atoms with Crippen molar-refractivity contribution < 1.29 is 9.59 Å². The van der Waals surface area contributed by atoms with Crippen molar-refractivity contribution in [3.05, 3.63) is 34.9 Å². The molecular weight excluding hydrogens is 368 g/mol. The minimum absolute atomic E-state index is 0.0480. The van der Waals surface area contributed by atoms with Crippen LogP contribution in [0.25, 0.3) is 0 Å². The molecule has 6 heteroatoms. The number of rotatable bonds is 4. The summed E-state index contributed by atoms with van der Waals surface area (Å²) in [6.07, 6.45) is 5.98. The fourth-order valence-corrected chi connectivity index (χ4v) is 5.66. The molecule has 0 unspecified atom stereocenters. The summed E-state index contributed by atoms with van der Waals surface area (Å²) in [6.45, 7) is 3.90. The van der Waals surface area contributed by atoms with Gasteiger partial charge in [0.15, 0.2) is 0 Å². The Morgan fingerprint density at radius 2 is 1.81 bits per heavy atom. The van der Waals surface area contributed by atoms with Gasteiger partial charge in [-0.15, -0.1) is 11.8 Å². The van der Waals surface area contributed by atoms with Crippen LogP contribution >= 0.6 is 23.4 Å². The van der Waals surface area contributed by atoms with Gasteiger partial charge in [0.2, 0.25) is 5.91 Å². The maximum absolute atomic E-state index is 13.3. The van der Waals surface area contributed by atoms with E-state index < -0.39 is 6.04 Å². The van der Waals surface area contributed by atoms with E-state index >= 15 is 0 Å². The Hall–Kier alpha value is -1.20. The van der Waals surface area contributed by atoms with E-state index in [0.29, 0.717) is 22.3 Å². The van der Waals surface area contributed by atoms with Crippen molar-refractivity contribution >= 4 is 35.2 Å². The van der Waals surface area contributed by atoms with Gasteiger partial charge < -0.3 is 10.2 Å². The lowest BCUT2D eigenvalue weighted by Crippen LogP contribution is -2.52. The van der Waals surface area contributed by atoms with E-state index in [4.69, 9.17) is 11.6 Å². The predicted molar refractivity (Wildman–Crippen MR) is 108 cm³/mol. The first-order valence-electron chi connectivity index (χ1n) is 9.47. The fraction of sp³-hybridized carbons (Fsp3) is 0.600. The van der Waals surface area contributed by atoms with Crippen molar-refractivity contribution in [3.8, 4) is 0 Å². The molecule has 0 aromatic heterocycles. The van der Waals surface area contributed by atoms with Gasteiger partial charge in [0.25, 0.3) is 5.91 Å². The van der Waals surface area contributed by atoms with E-state index in [-0.39, 0.29) is 23.2 Å². The van der Waals surface area contributed by atoms with E-state index in [1.807, 2.05) is 18.7 Å². The normalized spacial score (nSPS) is 24.1. The van der Waals surface area contributed by atoms with E-state index in [0.717, 1.165) is 12.8 Å². The number of amides is 2. The Labute approximate surface area is 165 Å². The molecule has 1 N–H and O–H groups in total. The minimum Gasteiger partial charge on any atom is -0.352 e. The van der Waals surface area contributed by atoms with Gasteiger partial charge in [-0.2, -0.15) is 0 Å². The number of hydrogen-bond acceptors (Lipinski definition) is 3. The van der Waals surface area contributed by atoms with E-state index in [2.05, 4.69) is 5.32 Å². The minimum atomic E-state index is -0.405. The van der Waals surface area contributed by atoms with E-state index in [1.165, 1.54) is 19.3 Å². The molecule has 0 bridgehead atoms. The van der Waals surface area contributed by atoms with Crippen molar-refractivity contribution in [3.63, 3.8) is 0 Å². The number of carbonyl (C=O) groups is 2. The highest BCUT2D eigenvalue weighted by atomic mass is 35.5. The standard InChI is InChI=1S/C20H27ClN2O2S/c1-13(2)22-18(24)17-12-26-20(15-6-4-3-5-7-15)23(17)19(25)14-8-10-16(21)11-9-14/h8-11,13,15,17,20H,3-7,12H2,1-2H3,(H,22,24)/t17-,20-/m1/s1. The summed E-state index contributed by atoms with van der Waals surface area (Å²) in [5.74, 6) is 1.03. The van der Waals surface area contributed by atoms with Crippen LogP contribution in [0.4, 0.5) is 0 Å². The average Bonchev–Trinajstić information content (AvgIpc) is 3.07. The Balaban J connectivity index is 1.86. The molecule has 3 rings (SSSR count). The quantitative estimate of drug-likeness (QED) is 0.826. The third-order valence-electron chi connectivity index (χ3n) is 5.15. The second-order valence-corrected chi connectivity index (χ2v) is 9.11. The van der Waals surface area contributed by atoms with Gasteiger partial charge in [-0.25, -0.2) is 0 Å². The van der Waals surface area contributed by atoms with Crippen molar-refractivity contribution in [2.24, 2.45) is 5.92 Å². The van der Waals surface area contributed by atoms with Crippen molar-refractivity contribution in [1.29, 1.82) is 0 Å². The number of thioether (sulfide) groups is 1. The van der Waals surface area contributed by atoms with Gasteiger partial charge in [0, 0.05) is 22.4 Å². The first-order valence-corrected chi connectivity index (χ1v) is 10.9. The van der Waals surface area contributed by atoms with Crippen LogP contribution in [-0.4, -0.2) is 39.9 Å². The SMILES string of the molecule is CC(C)NC(=O)[C@H]1CS[C@H](C2CCCCC2)N1C(=O)c1ccc(Cl)cc1. The predicted octanol–water partition coefficient (Wildman–Crippen LogP) is 4.33. The first-order chi connectivity index (χ1) is 12.5. The zero-order valence-electron chi connectivity index (χ0n) is 15.4. The summed E-state index contributed by atoms with van der Waals surface area (Å²) in [6, 6.07) is 6.63. The summed E-state index contributed by atoms with van der Waals surface area (Å²) < 4.78 is 0. The topological polar surface area (TPSA) is 49.4 Å². The van der Waals surface area contributed by atoms with Gasteiger partial charge in [0.05, 0.1) is 5.37 Å². The second-order valence-electron chi connectivity index (χ2n) is 7.52. The number of benzene rings is 1. The largest absolute Gasteiger partial charge is 0.352 e. The van der Waals surface area contributed by atoms with Crippen LogP contribution in [0, 0.1) is 5.92 Å². The Bertz CT molecular complexity index is 644. The molecule has 1 saturated heterocycles. The summed E-state index contributed by atoms with van der Waals surface area (Å²) in [5.41, 5.74) is 0.597. The summed E-state index contributed by atoms with van der Waals surface area (Å²) in [5, 5.41) is 3.68. The van der Waals surface area contributed by atoms with Gasteiger partial charge in [-0.3, -0.25) is 9.59 Å². The molecule has 26 heavy (non-hydrogen) atoms. The molecule has 1 aliphatic heterocycles. The van der Waals surface area contributed by atoms with Crippen molar-refractivity contribution in [1.82, 2.24) is 10.2 Å². The highest BCUT2D eigenvalue weighted by Gasteiger charge is 2.45. The van der Waals surface area contributed by atoms with Crippen LogP contribution in [0.1, 0.15) is 56.3 Å². The molecule has 0 spiro atoms. The average molecular weight is 395 g/mol. The molecule has 0 radical (unpaired) electrons. The second kappa shape index (κ2) is 8.66. The number of nitrogens with one attached hydrogen (secondary N) is 1. The molecule has 2 atom stereocenters. The lowest BCUT2D eigenvalue weighted by atomic mass is 9.88. The smallest absolute Gasteiger partial charge is 0.255 e. The summed E-state index contributed by atoms with van der Waals surface area (Å²) >= 11 is 7.73. The lowest BCUT2D eigenvalue weighted by molar-refractivity contribution is -0.125. The van der Waals surface area contributed by atoms with E-state index in [9.17, 15) is 9.59 Å². The third-order valence-corrected chi connectivity index (χ3v) is 6.86. The maximum Gasteiger partial charge on any atom is 0.255 e. The maximum atomic E-state index is 13.3. The van der Waals surface area contributed by atoms with Gasteiger partial charge in [-0.1, -0.05) is 30.9 Å². The van der Waals surface area contributed by atoms with Crippen molar-refractivity contribution in [2.75, 3.05) is 5.75 Å². The Kier molecular flexibility index (Phi) is 6.51. The van der Waals surface area contributed by atoms with Crippen LogP contribution in [0.2, 0.25) is 5.02 Å². The molecule has 1 heterocycles. The van der Waals surface area contributed by atoms with Crippen LogP contribution < -0.4 is 5.32 Å². The Morgan fingerprint density at radius 3 is 2.42 bits per heavy atom. The molecular formula is C20H27ClN2O2S. The fourth-order valence-electron chi connectivity index (χ4n) is 3.89. The van der Waals surface area contributed by atoms with Crippen LogP contribution in [0.3, 0.4) is 0 Å². The van der Waals surface area contributed by atoms with Gasteiger partial charge >= 0.3 is 0 Å². The highest BCUT2D eigenvalue weighted by Crippen LogP contribution is 2.41. The zero-order valence-corrected chi connectivity index (χ0v) is 17.0. The molecule has 2 fully saturated rings. The van der Waals surface area contributed by atoms with Gasteiger partial charge in [0.1, 0.15) is 6.04 Å². The van der Waals surface area contributed by atoms with Gasteiger partial charge in [-0.05, 0) is 56.9 Å². The molecule has 1 aromatic rings. The molecule has 2 aliphatic rings. The van der Waals surface area contributed by atoms with Crippen LogP contribution in [-0.2, 0) is 4.79 Å². The molecule has 1 aliphatic carbocycles.